The average Bonchev–Trinajstić information content (AvgIpc) is 2.97. The number of hydrogen-bond acceptors (Lipinski definition) is 4. The van der Waals surface area contributed by atoms with Crippen LogP contribution in [0.1, 0.15) is 24.4 Å². The second-order valence-electron chi connectivity index (χ2n) is 4.83. The minimum Gasteiger partial charge on any atom is -0.469 e. The fourth-order valence-electron chi connectivity index (χ4n) is 2.67. The van der Waals surface area contributed by atoms with E-state index in [1.54, 1.807) is 18.5 Å². The SMILES string of the molecule is [N]=N[C@H]1C=CC(N2CCCC2c2cncc(F)c2)=CO1. The second-order valence-corrected chi connectivity index (χ2v) is 4.83. The van der Waals surface area contributed by atoms with E-state index in [4.69, 9.17) is 10.3 Å². The van der Waals surface area contributed by atoms with Gasteiger partial charge in [-0.1, -0.05) is 0 Å². The Morgan fingerprint density at radius 1 is 1.45 bits per heavy atom. The number of ether oxygens (including phenoxy) is 1. The molecular formula is C14H14FN4O. The van der Waals surface area contributed by atoms with Gasteiger partial charge >= 0.3 is 0 Å². The Labute approximate surface area is 116 Å². The van der Waals surface area contributed by atoms with Crippen LogP contribution in [0, 0.1) is 5.82 Å². The molecule has 2 aliphatic rings. The van der Waals surface area contributed by atoms with Crippen LogP contribution in [0.15, 0.2) is 47.7 Å². The minimum absolute atomic E-state index is 0.0975. The molecule has 1 aromatic heterocycles. The Morgan fingerprint density at radius 3 is 3.05 bits per heavy atom. The van der Waals surface area contributed by atoms with Crippen LogP contribution in [0.25, 0.3) is 0 Å². The van der Waals surface area contributed by atoms with Gasteiger partial charge in [0.25, 0.3) is 0 Å². The third kappa shape index (κ3) is 2.41. The predicted molar refractivity (Wildman–Crippen MR) is 69.5 cm³/mol. The summed E-state index contributed by atoms with van der Waals surface area (Å²) >= 11 is 0. The number of likely N-dealkylation sites (tertiary alicyclic amines) is 1. The van der Waals surface area contributed by atoms with Crippen LogP contribution >= 0.6 is 0 Å². The number of rotatable bonds is 3. The van der Waals surface area contributed by atoms with Crippen LogP contribution in [0.3, 0.4) is 0 Å². The molecule has 0 amide bonds. The molecule has 5 nitrogen and oxygen atoms in total. The number of halogens is 1. The first-order valence-electron chi connectivity index (χ1n) is 6.53. The first-order valence-corrected chi connectivity index (χ1v) is 6.53. The molecule has 0 bridgehead atoms. The van der Waals surface area contributed by atoms with Crippen LogP contribution < -0.4 is 5.53 Å². The molecule has 0 saturated carbocycles. The fraction of sp³-hybridized carbons (Fsp3) is 0.357. The summed E-state index contributed by atoms with van der Waals surface area (Å²) in [6, 6.07) is 1.62. The van der Waals surface area contributed by atoms with Gasteiger partial charge in [0.2, 0.25) is 6.23 Å². The van der Waals surface area contributed by atoms with Crippen molar-refractivity contribution in [1.29, 1.82) is 0 Å². The van der Waals surface area contributed by atoms with E-state index in [1.807, 2.05) is 6.08 Å². The maximum absolute atomic E-state index is 13.3. The lowest BCUT2D eigenvalue weighted by molar-refractivity contribution is 0.170. The molecule has 0 aliphatic carbocycles. The van der Waals surface area contributed by atoms with Gasteiger partial charge < -0.3 is 9.64 Å². The first kappa shape index (κ1) is 12.8. The quantitative estimate of drug-likeness (QED) is 0.794. The molecule has 103 valence electrons. The lowest BCUT2D eigenvalue weighted by atomic mass is 10.1. The Hall–Kier alpha value is -2.24. The minimum atomic E-state index is -0.643. The van der Waals surface area contributed by atoms with Crippen molar-refractivity contribution in [3.63, 3.8) is 0 Å². The lowest BCUT2D eigenvalue weighted by Gasteiger charge is -2.29. The Morgan fingerprint density at radius 2 is 2.35 bits per heavy atom. The van der Waals surface area contributed by atoms with Crippen molar-refractivity contribution < 1.29 is 9.13 Å². The zero-order valence-corrected chi connectivity index (χ0v) is 10.8. The Balaban J connectivity index is 1.81. The molecule has 1 fully saturated rings. The van der Waals surface area contributed by atoms with Gasteiger partial charge in [-0.25, -0.2) is 4.39 Å². The van der Waals surface area contributed by atoms with Crippen molar-refractivity contribution in [2.24, 2.45) is 5.11 Å². The average molecular weight is 273 g/mol. The van der Waals surface area contributed by atoms with Crippen molar-refractivity contribution in [3.05, 3.63) is 54.0 Å². The Bertz CT molecular complexity index is 572. The molecule has 3 heterocycles. The van der Waals surface area contributed by atoms with Crippen molar-refractivity contribution in [2.75, 3.05) is 6.54 Å². The summed E-state index contributed by atoms with van der Waals surface area (Å²) in [7, 11) is 0. The summed E-state index contributed by atoms with van der Waals surface area (Å²) < 4.78 is 18.6. The van der Waals surface area contributed by atoms with Crippen LogP contribution in [-0.4, -0.2) is 22.7 Å². The van der Waals surface area contributed by atoms with Crippen LogP contribution in [0.2, 0.25) is 0 Å². The number of pyridine rings is 1. The summed E-state index contributed by atoms with van der Waals surface area (Å²) in [4.78, 5) is 6.07. The van der Waals surface area contributed by atoms with Crippen LogP contribution in [-0.2, 0) is 4.74 Å². The number of hydrogen-bond donors (Lipinski definition) is 0. The van der Waals surface area contributed by atoms with Crippen molar-refractivity contribution in [2.45, 2.75) is 25.1 Å². The van der Waals surface area contributed by atoms with Gasteiger partial charge in [0, 0.05) is 12.7 Å². The topological polar surface area (TPSA) is 60.0 Å². The predicted octanol–water partition coefficient (Wildman–Crippen LogP) is 2.36. The van der Waals surface area contributed by atoms with Gasteiger partial charge in [-0.2, -0.15) is 0 Å². The fourth-order valence-corrected chi connectivity index (χ4v) is 2.67. The summed E-state index contributed by atoms with van der Waals surface area (Å²) in [5, 5.41) is 3.07. The summed E-state index contributed by atoms with van der Waals surface area (Å²) in [6.07, 6.45) is 9.36. The van der Waals surface area contributed by atoms with E-state index in [2.05, 4.69) is 15.0 Å². The lowest BCUT2D eigenvalue weighted by Crippen LogP contribution is -2.24. The normalized spacial score (nSPS) is 25.2. The molecule has 1 radical (unpaired) electrons. The molecule has 1 aromatic rings. The largest absolute Gasteiger partial charge is 0.469 e. The standard InChI is InChI=1S/C14H14FN4O/c15-11-6-10(7-17-8-11)13-2-1-5-19(13)12-3-4-14(18-16)20-9-12/h3-4,6-9,13-14H,1-2,5H2/t13?,14-/m1/s1. The van der Waals surface area contributed by atoms with E-state index < -0.39 is 6.23 Å². The molecule has 0 aromatic carbocycles. The molecule has 6 heteroatoms. The summed E-state index contributed by atoms with van der Waals surface area (Å²) in [5.41, 5.74) is 10.4. The summed E-state index contributed by atoms with van der Waals surface area (Å²) in [6.45, 7) is 0.877. The number of allylic oxidation sites excluding steroid dienone is 1. The third-order valence-corrected chi connectivity index (χ3v) is 3.57. The highest BCUT2D eigenvalue weighted by molar-refractivity contribution is 5.26. The molecule has 0 N–H and O–H groups in total. The van der Waals surface area contributed by atoms with E-state index in [9.17, 15) is 4.39 Å². The van der Waals surface area contributed by atoms with E-state index in [-0.39, 0.29) is 11.9 Å². The highest BCUT2D eigenvalue weighted by Gasteiger charge is 2.28. The number of nitrogens with zero attached hydrogens (tertiary/aromatic N) is 4. The van der Waals surface area contributed by atoms with Crippen LogP contribution in [0.4, 0.5) is 4.39 Å². The molecule has 20 heavy (non-hydrogen) atoms. The molecular weight excluding hydrogens is 259 g/mol. The van der Waals surface area contributed by atoms with E-state index in [0.29, 0.717) is 0 Å². The van der Waals surface area contributed by atoms with Gasteiger partial charge in [0.1, 0.15) is 12.1 Å². The molecule has 1 saturated heterocycles. The Kier molecular flexibility index (Phi) is 3.45. The van der Waals surface area contributed by atoms with Crippen molar-refractivity contribution >= 4 is 0 Å². The second kappa shape index (κ2) is 5.40. The summed E-state index contributed by atoms with van der Waals surface area (Å²) in [5.74, 6) is -0.321. The van der Waals surface area contributed by atoms with Gasteiger partial charge in [-0.15, -0.1) is 5.11 Å². The first-order chi connectivity index (χ1) is 9.78. The van der Waals surface area contributed by atoms with Crippen molar-refractivity contribution in [3.8, 4) is 0 Å². The molecule has 2 atom stereocenters. The number of aromatic nitrogens is 1. The zero-order chi connectivity index (χ0) is 13.9. The van der Waals surface area contributed by atoms with Gasteiger partial charge in [0.05, 0.1) is 17.9 Å². The monoisotopic (exact) mass is 273 g/mol. The molecule has 1 unspecified atom stereocenters. The van der Waals surface area contributed by atoms with Crippen molar-refractivity contribution in [1.82, 2.24) is 15.4 Å². The molecule has 2 aliphatic heterocycles. The van der Waals surface area contributed by atoms with Crippen LogP contribution in [0.5, 0.6) is 0 Å². The smallest absolute Gasteiger partial charge is 0.229 e. The maximum Gasteiger partial charge on any atom is 0.229 e. The molecule has 0 spiro atoms. The zero-order valence-electron chi connectivity index (χ0n) is 10.8. The van der Waals surface area contributed by atoms with E-state index in [0.717, 1.165) is 30.6 Å². The van der Waals surface area contributed by atoms with Gasteiger partial charge in [0.15, 0.2) is 0 Å². The van der Waals surface area contributed by atoms with E-state index >= 15 is 0 Å². The van der Waals surface area contributed by atoms with Gasteiger partial charge in [-0.05, 0) is 42.2 Å². The molecule has 3 rings (SSSR count). The maximum atomic E-state index is 13.3. The third-order valence-electron chi connectivity index (χ3n) is 3.57. The highest BCUT2D eigenvalue weighted by Crippen LogP contribution is 2.35. The van der Waals surface area contributed by atoms with Gasteiger partial charge in [-0.3, -0.25) is 4.98 Å². The highest BCUT2D eigenvalue weighted by atomic mass is 19.1. The van der Waals surface area contributed by atoms with E-state index in [1.165, 1.54) is 12.3 Å².